The van der Waals surface area contributed by atoms with Crippen molar-refractivity contribution in [2.24, 2.45) is 0 Å². The summed E-state index contributed by atoms with van der Waals surface area (Å²) < 4.78 is 5.40. The van der Waals surface area contributed by atoms with Crippen LogP contribution in [-0.4, -0.2) is 17.8 Å². The predicted molar refractivity (Wildman–Crippen MR) is 81.3 cm³/mol. The van der Waals surface area contributed by atoms with E-state index in [1.54, 1.807) is 0 Å². The molecule has 0 N–H and O–H groups in total. The van der Waals surface area contributed by atoms with Crippen LogP contribution in [0.4, 0.5) is 0 Å². The highest BCUT2D eigenvalue weighted by Gasteiger charge is 2.11. The topological polar surface area (TPSA) is 26.3 Å². The molecule has 0 spiro atoms. The van der Waals surface area contributed by atoms with Gasteiger partial charge in [0.1, 0.15) is 6.10 Å². The average Bonchev–Trinajstić information content (AvgIpc) is 2.36. The molecule has 0 aromatic heterocycles. The van der Waals surface area contributed by atoms with Crippen LogP contribution in [0.3, 0.4) is 0 Å². The molecule has 108 valence electrons. The molecule has 1 atom stereocenters. The summed E-state index contributed by atoms with van der Waals surface area (Å²) in [4.78, 5) is 11.3. The molecule has 0 aliphatic carbocycles. The molecule has 3 heteroatoms. The fraction of sp³-hybridized carbons (Fsp3) is 0.933. The van der Waals surface area contributed by atoms with Crippen LogP contribution >= 0.6 is 12.6 Å². The molecular formula is C15H30O2S. The second kappa shape index (κ2) is 13.3. The summed E-state index contributed by atoms with van der Waals surface area (Å²) in [6, 6.07) is 0. The number of unbranched alkanes of at least 4 members (excludes halogenated alkanes) is 6. The molecular weight excluding hydrogens is 244 g/mol. The lowest BCUT2D eigenvalue weighted by Gasteiger charge is -2.15. The van der Waals surface area contributed by atoms with Crippen molar-refractivity contribution in [1.29, 1.82) is 0 Å². The highest BCUT2D eigenvalue weighted by Crippen LogP contribution is 2.13. The number of carbonyl (C=O) groups excluding carboxylic acids is 1. The van der Waals surface area contributed by atoms with Gasteiger partial charge in [-0.2, -0.15) is 12.6 Å². The Morgan fingerprint density at radius 2 is 1.67 bits per heavy atom. The van der Waals surface area contributed by atoms with Gasteiger partial charge in [0.2, 0.25) is 0 Å². The molecule has 0 radical (unpaired) electrons. The second-order valence-corrected chi connectivity index (χ2v) is 5.35. The Morgan fingerprint density at radius 1 is 1.06 bits per heavy atom. The lowest BCUT2D eigenvalue weighted by Crippen LogP contribution is -2.17. The summed E-state index contributed by atoms with van der Waals surface area (Å²) in [5.74, 6) is 0.479. The monoisotopic (exact) mass is 274 g/mol. The van der Waals surface area contributed by atoms with Crippen LogP contribution in [0.2, 0.25) is 0 Å². The molecule has 0 fully saturated rings. The summed E-state index contributed by atoms with van der Waals surface area (Å²) >= 11 is 4.04. The Labute approximate surface area is 118 Å². The molecule has 0 bridgehead atoms. The van der Waals surface area contributed by atoms with Gasteiger partial charge in [-0.25, -0.2) is 0 Å². The van der Waals surface area contributed by atoms with Gasteiger partial charge >= 0.3 is 5.97 Å². The van der Waals surface area contributed by atoms with Gasteiger partial charge in [0.25, 0.3) is 0 Å². The zero-order valence-electron chi connectivity index (χ0n) is 12.1. The van der Waals surface area contributed by atoms with Crippen LogP contribution in [0, 0.1) is 0 Å². The van der Waals surface area contributed by atoms with E-state index >= 15 is 0 Å². The zero-order chi connectivity index (χ0) is 13.6. The third-order valence-corrected chi connectivity index (χ3v) is 3.42. The normalized spacial score (nSPS) is 12.4. The van der Waals surface area contributed by atoms with Gasteiger partial charge < -0.3 is 4.74 Å². The van der Waals surface area contributed by atoms with E-state index in [-0.39, 0.29) is 12.1 Å². The molecule has 0 aliphatic rings. The minimum Gasteiger partial charge on any atom is -0.462 e. The molecule has 0 rings (SSSR count). The molecule has 2 nitrogen and oxygen atoms in total. The van der Waals surface area contributed by atoms with Crippen molar-refractivity contribution in [3.63, 3.8) is 0 Å². The minimum absolute atomic E-state index is 0.0974. The molecule has 0 heterocycles. The summed E-state index contributed by atoms with van der Waals surface area (Å²) in [6.07, 6.45) is 11.6. The lowest BCUT2D eigenvalue weighted by atomic mass is 10.1. The van der Waals surface area contributed by atoms with Crippen molar-refractivity contribution in [3.05, 3.63) is 0 Å². The molecule has 0 saturated heterocycles. The van der Waals surface area contributed by atoms with E-state index < -0.39 is 0 Å². The quantitative estimate of drug-likeness (QED) is 0.315. The van der Waals surface area contributed by atoms with Gasteiger partial charge in [-0.1, -0.05) is 52.4 Å². The van der Waals surface area contributed by atoms with Crippen molar-refractivity contribution >= 4 is 18.6 Å². The van der Waals surface area contributed by atoms with Crippen LogP contribution in [0.15, 0.2) is 0 Å². The third-order valence-electron chi connectivity index (χ3n) is 3.20. The van der Waals surface area contributed by atoms with Crippen LogP contribution in [0.1, 0.15) is 78.1 Å². The summed E-state index contributed by atoms with van der Waals surface area (Å²) in [5.41, 5.74) is 0. The lowest BCUT2D eigenvalue weighted by molar-refractivity contribution is -0.149. The van der Waals surface area contributed by atoms with Crippen molar-refractivity contribution in [2.45, 2.75) is 84.2 Å². The van der Waals surface area contributed by atoms with E-state index in [1.165, 1.54) is 44.9 Å². The maximum Gasteiger partial charge on any atom is 0.306 e. The van der Waals surface area contributed by atoms with Gasteiger partial charge in [-0.15, -0.1) is 0 Å². The summed E-state index contributed by atoms with van der Waals surface area (Å²) in [7, 11) is 0. The van der Waals surface area contributed by atoms with Crippen LogP contribution in [0.25, 0.3) is 0 Å². The third kappa shape index (κ3) is 10.9. The Morgan fingerprint density at radius 3 is 2.22 bits per heavy atom. The summed E-state index contributed by atoms with van der Waals surface area (Å²) in [5, 5.41) is 0. The van der Waals surface area contributed by atoms with Crippen LogP contribution in [-0.2, 0) is 9.53 Å². The largest absolute Gasteiger partial charge is 0.462 e. The van der Waals surface area contributed by atoms with Crippen molar-refractivity contribution in [2.75, 3.05) is 5.75 Å². The molecule has 0 aromatic carbocycles. The fourth-order valence-corrected chi connectivity index (χ4v) is 2.19. The summed E-state index contributed by atoms with van der Waals surface area (Å²) in [6.45, 7) is 4.32. The van der Waals surface area contributed by atoms with E-state index in [0.717, 1.165) is 12.8 Å². The molecule has 0 saturated carbocycles. The fourth-order valence-electron chi connectivity index (χ4n) is 2.01. The molecule has 0 aromatic rings. The van der Waals surface area contributed by atoms with E-state index in [1.807, 2.05) is 0 Å². The first-order valence-electron chi connectivity index (χ1n) is 7.54. The molecule has 1 unspecified atom stereocenters. The van der Waals surface area contributed by atoms with Crippen molar-refractivity contribution < 1.29 is 9.53 Å². The Kier molecular flexibility index (Phi) is 13.1. The van der Waals surface area contributed by atoms with Gasteiger partial charge in [-0.3, -0.25) is 4.79 Å². The molecule has 18 heavy (non-hydrogen) atoms. The number of hydrogen-bond donors (Lipinski definition) is 1. The maximum absolute atomic E-state index is 11.3. The van der Waals surface area contributed by atoms with Crippen LogP contribution in [0.5, 0.6) is 0 Å². The van der Waals surface area contributed by atoms with Crippen molar-refractivity contribution in [3.8, 4) is 0 Å². The van der Waals surface area contributed by atoms with E-state index in [0.29, 0.717) is 12.2 Å². The Balaban J connectivity index is 3.46. The smallest absolute Gasteiger partial charge is 0.306 e. The number of thiol groups is 1. The van der Waals surface area contributed by atoms with Gasteiger partial charge in [0, 0.05) is 5.75 Å². The average molecular weight is 274 g/mol. The first-order valence-corrected chi connectivity index (χ1v) is 8.18. The first kappa shape index (κ1) is 17.8. The number of esters is 1. The number of rotatable bonds is 12. The maximum atomic E-state index is 11.3. The first-order chi connectivity index (χ1) is 8.74. The van der Waals surface area contributed by atoms with Crippen molar-refractivity contribution in [1.82, 2.24) is 0 Å². The standard InChI is InChI=1S/C15H30O2S/c1-3-5-6-7-8-9-10-11-14(4-2)17-15(16)12-13-18/h14,18H,3-13H2,1-2H3. The van der Waals surface area contributed by atoms with E-state index in [2.05, 4.69) is 26.5 Å². The predicted octanol–water partition coefficient (Wildman–Crippen LogP) is 4.77. The zero-order valence-corrected chi connectivity index (χ0v) is 13.0. The SMILES string of the molecule is CCCCCCCCCC(CC)OC(=O)CCS. The van der Waals surface area contributed by atoms with Gasteiger partial charge in [0.15, 0.2) is 0 Å². The number of carbonyl (C=O) groups is 1. The van der Waals surface area contributed by atoms with Crippen LogP contribution < -0.4 is 0 Å². The Hall–Kier alpha value is -0.180. The van der Waals surface area contributed by atoms with E-state index in [9.17, 15) is 4.79 Å². The van der Waals surface area contributed by atoms with Gasteiger partial charge in [-0.05, 0) is 19.3 Å². The molecule has 0 amide bonds. The minimum atomic E-state index is -0.0974. The molecule has 0 aliphatic heterocycles. The highest BCUT2D eigenvalue weighted by molar-refractivity contribution is 7.80. The van der Waals surface area contributed by atoms with Gasteiger partial charge in [0.05, 0.1) is 6.42 Å². The Bertz CT molecular complexity index is 195. The highest BCUT2D eigenvalue weighted by atomic mass is 32.1. The van der Waals surface area contributed by atoms with E-state index in [4.69, 9.17) is 4.74 Å². The second-order valence-electron chi connectivity index (χ2n) is 4.90. The number of ether oxygens (including phenoxy) is 1. The number of hydrogen-bond acceptors (Lipinski definition) is 3.